The maximum absolute atomic E-state index is 6.86. The van der Waals surface area contributed by atoms with Crippen LogP contribution in [-0.2, 0) is 23.9 Å². The molecule has 6 nitrogen and oxygen atoms in total. The van der Waals surface area contributed by atoms with E-state index in [0.29, 0.717) is 0 Å². The summed E-state index contributed by atoms with van der Waals surface area (Å²) in [5, 5.41) is 0. The minimum atomic E-state index is -0.802. The minimum absolute atomic E-state index is 0.0226. The number of rotatable bonds is 4. The van der Waals surface area contributed by atoms with Crippen molar-refractivity contribution in [2.45, 2.75) is 142 Å². The summed E-state index contributed by atoms with van der Waals surface area (Å²) >= 11 is -0.802. The first-order chi connectivity index (χ1) is 22.5. The summed E-state index contributed by atoms with van der Waals surface area (Å²) in [6, 6.07) is 9.79. The van der Waals surface area contributed by atoms with Gasteiger partial charge in [0.05, 0.1) is 23.6 Å². The maximum atomic E-state index is 6.86. The monoisotopic (exact) mass is 653 g/mol. The molecule has 0 aromatic heterocycles. The quantitative estimate of drug-likeness (QED) is 0.311. The lowest BCUT2D eigenvalue weighted by molar-refractivity contribution is 0.218. The number of hydrogen-bond acceptors (Lipinski definition) is 6. The van der Waals surface area contributed by atoms with Gasteiger partial charge in [0.15, 0.2) is 0 Å². The van der Waals surface area contributed by atoms with Crippen molar-refractivity contribution in [1.29, 1.82) is 0 Å². The predicted molar refractivity (Wildman–Crippen MR) is 197 cm³/mol. The lowest BCUT2D eigenvalue weighted by Gasteiger charge is -2.30. The van der Waals surface area contributed by atoms with E-state index in [4.69, 9.17) is 17.6 Å². The molecule has 0 spiro atoms. The highest BCUT2D eigenvalue weighted by atomic mass is 27.2. The van der Waals surface area contributed by atoms with Gasteiger partial charge in [0.25, 0.3) is 0 Å². The molecule has 1 aliphatic carbocycles. The Morgan fingerprint density at radius 3 is 1.38 bits per heavy atom. The van der Waals surface area contributed by atoms with Gasteiger partial charge in [-0.2, -0.15) is 0 Å². The third-order valence-corrected chi connectivity index (χ3v) is 11.3. The molecule has 2 aromatic rings. The molecule has 2 unspecified atom stereocenters. The molecule has 1 saturated carbocycles. The van der Waals surface area contributed by atoms with Crippen LogP contribution in [0.25, 0.3) is 0 Å². The highest BCUT2D eigenvalue weighted by Gasteiger charge is 2.28. The van der Waals surface area contributed by atoms with Crippen LogP contribution in [0.2, 0.25) is 0 Å². The minimum Gasteiger partial charge on any atom is -0.615 e. The number of hydrogen-bond donors (Lipinski definition) is 0. The van der Waals surface area contributed by atoms with E-state index in [2.05, 4.69) is 88.0 Å². The molecule has 7 heteroatoms. The van der Waals surface area contributed by atoms with E-state index < -0.39 is 15.9 Å². The topological polar surface area (TPSA) is 49.7 Å². The van der Waals surface area contributed by atoms with E-state index in [-0.39, 0.29) is 22.9 Å². The standard InChI is InChI=1S/C40H60N4O2.Al/c1-39(2,3)33-21-29(37(45)31(23-33)27-43-17-11-7-12-18-43)25-41-35-15-9-10-16-36(35)42-26-30-22-34(40(4,5)6)24-32(38(30)46)28-44-19-13-8-14-20-44;/h21-26,35-36,45-46H,7-20,27-28H2,1-6H3;/q;+2/p-2. The average molecular weight is 654 g/mol. The largest absolute Gasteiger partial charge is 0.881 e. The molecule has 47 heavy (non-hydrogen) atoms. The Bertz CT molecular complexity index is 1320. The number of nitrogens with zero attached hydrogens (tertiary/aromatic N) is 4. The van der Waals surface area contributed by atoms with Gasteiger partial charge in [0, 0.05) is 47.8 Å². The molecule has 2 aromatic carbocycles. The second-order valence-corrected chi connectivity index (χ2v) is 17.3. The first-order valence-electron chi connectivity index (χ1n) is 18.6. The maximum Gasteiger partial charge on any atom is 0.881 e. The van der Waals surface area contributed by atoms with Gasteiger partial charge >= 0.3 is 15.9 Å². The Kier molecular flexibility index (Phi) is 11.2. The van der Waals surface area contributed by atoms with Gasteiger partial charge in [-0.15, -0.1) is 0 Å². The Morgan fingerprint density at radius 2 is 1.00 bits per heavy atom. The zero-order valence-corrected chi connectivity index (χ0v) is 31.3. The first kappa shape index (κ1) is 34.7. The molecule has 6 rings (SSSR count). The van der Waals surface area contributed by atoms with Gasteiger partial charge in [0.1, 0.15) is 0 Å². The van der Waals surface area contributed by atoms with Crippen LogP contribution in [0.4, 0.5) is 0 Å². The van der Waals surface area contributed by atoms with E-state index in [1.807, 2.05) is 0 Å². The van der Waals surface area contributed by atoms with Crippen LogP contribution in [-0.4, -0.2) is 76.4 Å². The summed E-state index contributed by atoms with van der Waals surface area (Å²) < 4.78 is 13.7. The number of piperidine rings is 2. The van der Waals surface area contributed by atoms with Crippen LogP contribution in [0.3, 0.4) is 0 Å². The number of fused-ring (bicyclic) bond motifs is 3. The van der Waals surface area contributed by atoms with Crippen molar-refractivity contribution >= 4 is 28.3 Å². The van der Waals surface area contributed by atoms with Crippen molar-refractivity contribution in [3.8, 4) is 11.5 Å². The highest BCUT2D eigenvalue weighted by Crippen LogP contribution is 2.36. The van der Waals surface area contributed by atoms with Crippen molar-refractivity contribution < 1.29 is 7.58 Å². The van der Waals surface area contributed by atoms with Gasteiger partial charge in [-0.1, -0.05) is 79.4 Å². The van der Waals surface area contributed by atoms with Crippen LogP contribution >= 0.6 is 0 Å². The van der Waals surface area contributed by atoms with E-state index >= 15 is 0 Å². The third kappa shape index (κ3) is 8.90. The highest BCUT2D eigenvalue weighted by molar-refractivity contribution is 6.21. The Hall–Kier alpha value is -2.17. The van der Waals surface area contributed by atoms with Crippen molar-refractivity contribution in [3.63, 3.8) is 0 Å². The molecule has 4 aliphatic rings. The zero-order valence-electron chi connectivity index (χ0n) is 30.1. The number of aliphatic imine (C=N–C) groups is 2. The van der Waals surface area contributed by atoms with Crippen molar-refractivity contribution in [3.05, 3.63) is 57.6 Å². The lowest BCUT2D eigenvalue weighted by Crippen LogP contribution is -2.30. The van der Waals surface area contributed by atoms with E-state index in [1.54, 1.807) is 0 Å². The number of likely N-dealkylation sites (tertiary alicyclic amines) is 2. The van der Waals surface area contributed by atoms with Gasteiger partial charge in [-0.25, -0.2) is 0 Å². The summed E-state index contributed by atoms with van der Waals surface area (Å²) in [5.74, 6) is 1.92. The van der Waals surface area contributed by atoms with E-state index in [1.165, 1.54) is 73.6 Å². The first-order valence-corrected chi connectivity index (χ1v) is 19.5. The fourth-order valence-electron chi connectivity index (χ4n) is 7.64. The fourth-order valence-corrected chi connectivity index (χ4v) is 8.45. The van der Waals surface area contributed by atoms with E-state index in [0.717, 1.165) is 74.7 Å². The van der Waals surface area contributed by atoms with E-state index in [9.17, 15) is 0 Å². The SMILES string of the molecule is CC(C)(C)c1cc2c(c(CN3CCCCC3)c1)[O][Al][O]c1c(cc(C(C)(C)C)cc1CN1CCCCC1)C=NC1CCCCC1N=C2. The van der Waals surface area contributed by atoms with Crippen LogP contribution in [0, 0.1) is 0 Å². The zero-order chi connectivity index (χ0) is 33.0. The molecule has 0 amide bonds. The summed E-state index contributed by atoms with van der Waals surface area (Å²) in [6.07, 6.45) is 16.5. The average Bonchev–Trinajstić information content (AvgIpc) is 3.05. The predicted octanol–water partition coefficient (Wildman–Crippen LogP) is 8.41. The van der Waals surface area contributed by atoms with Crippen LogP contribution in [0.15, 0.2) is 34.3 Å². The second-order valence-electron chi connectivity index (χ2n) is 16.6. The smallest absolute Gasteiger partial charge is 0.615 e. The number of benzene rings is 2. The van der Waals surface area contributed by atoms with Gasteiger partial charge in [-0.05, 0) is 98.8 Å². The molecule has 2 atom stereocenters. The summed E-state index contributed by atoms with van der Waals surface area (Å²) in [5.41, 5.74) is 7.42. The summed E-state index contributed by atoms with van der Waals surface area (Å²) in [6.45, 7) is 20.3. The van der Waals surface area contributed by atoms with Gasteiger partial charge < -0.3 is 7.58 Å². The molecule has 0 bridgehead atoms. The fraction of sp³-hybridized carbons (Fsp3) is 0.650. The third-order valence-electron chi connectivity index (χ3n) is 10.6. The second kappa shape index (κ2) is 15.2. The van der Waals surface area contributed by atoms with Gasteiger partial charge in [-0.3, -0.25) is 19.8 Å². The molecule has 1 radical (unpaired) electrons. The van der Waals surface area contributed by atoms with Crippen molar-refractivity contribution in [2.24, 2.45) is 9.98 Å². The molecule has 253 valence electrons. The molecule has 3 aliphatic heterocycles. The van der Waals surface area contributed by atoms with Crippen LogP contribution in [0.5, 0.6) is 11.5 Å². The normalized spacial score (nSPS) is 23.1. The molecular formula is C40H58AlN4O2. The van der Waals surface area contributed by atoms with Crippen LogP contribution in [0.1, 0.15) is 139 Å². The lowest BCUT2D eigenvalue weighted by atomic mass is 9.84. The molecular weight excluding hydrogens is 595 g/mol. The van der Waals surface area contributed by atoms with Crippen molar-refractivity contribution in [2.75, 3.05) is 26.2 Å². The summed E-state index contributed by atoms with van der Waals surface area (Å²) in [7, 11) is 0. The molecule has 2 saturated heterocycles. The molecule has 0 N–H and O–H groups in total. The summed E-state index contributed by atoms with van der Waals surface area (Å²) in [4.78, 5) is 15.8. The molecule has 3 fully saturated rings. The van der Waals surface area contributed by atoms with Crippen LogP contribution < -0.4 is 7.58 Å². The Balaban J connectivity index is 1.44. The van der Waals surface area contributed by atoms with Crippen molar-refractivity contribution in [1.82, 2.24) is 9.80 Å². The Morgan fingerprint density at radius 1 is 0.596 bits per heavy atom. The Labute approximate surface area is 291 Å². The molecule has 3 heterocycles. The van der Waals surface area contributed by atoms with Gasteiger partial charge in [0.2, 0.25) is 0 Å².